The van der Waals surface area contributed by atoms with E-state index in [1.165, 1.54) is 0 Å². The standard InChI is InChI=1S/C9H27O3PSi3.C7H21O3PSi2.C5H15O3PSi.C5H15OPSi/c1-14(2,3)10-13(11-15(4,5)6)12-16(7,8)9;1-8-11(9-12(2,3)4)10-13(5,6)7;1-6-9(7-2)8-10(3,4)5;1-7(2)6-8(3,4)5/h1-9H3;1-7H3;1-5H3;1-5H3. The van der Waals surface area contributed by atoms with E-state index in [0.717, 1.165) is 0 Å². The molecular weight excluding hydrogens is 793 g/mol. The molecule has 21 heteroatoms. The SMILES string of the molecule is COP(OC)O[Si](C)(C)C.COP(O[Si](C)(C)C)O[Si](C)(C)C.CP(C)O[Si](C)(C)C.C[Si](C)(C)OP(O[Si](C)(C)C)O[Si](C)(C)C. The predicted octanol–water partition coefficient (Wildman–Crippen LogP) is 13.2. The van der Waals surface area contributed by atoms with Crippen molar-refractivity contribution in [3.05, 3.63) is 0 Å². The third-order valence-corrected chi connectivity index (χ3v) is 24.3. The molecule has 0 fully saturated rings. The molecule has 0 aromatic heterocycles. The molecule has 0 spiro atoms. The van der Waals surface area contributed by atoms with Crippen LogP contribution in [0.3, 0.4) is 0 Å². The van der Waals surface area contributed by atoms with Crippen LogP contribution in [0.5, 0.6) is 0 Å². The van der Waals surface area contributed by atoms with Crippen molar-refractivity contribution in [2.24, 2.45) is 0 Å². The summed E-state index contributed by atoms with van der Waals surface area (Å²) in [6.07, 6.45) is 0. The van der Waals surface area contributed by atoms with Gasteiger partial charge in [-0.2, -0.15) is 0 Å². The van der Waals surface area contributed by atoms with E-state index in [4.69, 9.17) is 43.1 Å². The zero-order valence-electron chi connectivity index (χ0n) is 35.4. The molecule has 0 aliphatic carbocycles. The summed E-state index contributed by atoms with van der Waals surface area (Å²) in [5, 5.41) is 0. The van der Waals surface area contributed by atoms with Crippen LogP contribution in [0.4, 0.5) is 0 Å². The first kappa shape index (κ1) is 56.6. The fourth-order valence-corrected chi connectivity index (χ4v) is 20.6. The van der Waals surface area contributed by atoms with Crippen LogP contribution in [0, 0.1) is 0 Å². The maximum Gasteiger partial charge on any atom is 0.321 e. The highest BCUT2D eigenvalue weighted by Gasteiger charge is 2.33. The van der Waals surface area contributed by atoms with Crippen molar-refractivity contribution in [1.29, 1.82) is 0 Å². The van der Waals surface area contributed by atoms with Crippen LogP contribution in [0.15, 0.2) is 0 Å². The maximum absolute atomic E-state index is 6.02. The molecule has 0 heterocycles. The van der Waals surface area contributed by atoms with Crippen molar-refractivity contribution < 1.29 is 43.1 Å². The van der Waals surface area contributed by atoms with Crippen LogP contribution in [-0.4, -0.2) is 92.9 Å². The monoisotopic (exact) mass is 870 g/mol. The molecule has 0 aliphatic heterocycles. The number of hydrogen-bond acceptors (Lipinski definition) is 10. The van der Waals surface area contributed by atoms with E-state index < -0.39 is 84.0 Å². The Hall–Kier alpha value is 2.84. The molecule has 0 atom stereocenters. The summed E-state index contributed by atoms with van der Waals surface area (Å²) in [4.78, 5) is 0. The van der Waals surface area contributed by atoms with E-state index in [9.17, 15) is 0 Å². The molecule has 47 heavy (non-hydrogen) atoms. The van der Waals surface area contributed by atoms with Crippen molar-refractivity contribution in [1.82, 2.24) is 0 Å². The molecular formula is C26H78O10P4Si7. The first-order chi connectivity index (χ1) is 20.3. The largest absolute Gasteiger partial charge is 0.397 e. The van der Waals surface area contributed by atoms with Gasteiger partial charge in [-0.15, -0.1) is 0 Å². The summed E-state index contributed by atoms with van der Waals surface area (Å²) in [5.41, 5.74) is 0. The van der Waals surface area contributed by atoms with Gasteiger partial charge in [0.05, 0.1) is 0 Å². The molecule has 10 nitrogen and oxygen atoms in total. The molecule has 0 aliphatic rings. The van der Waals surface area contributed by atoms with Gasteiger partial charge >= 0.3 is 17.2 Å². The van der Waals surface area contributed by atoms with Gasteiger partial charge in [0.25, 0.3) is 8.60 Å². The Bertz CT molecular complexity index is 719. The third kappa shape index (κ3) is 55.8. The molecule has 0 aromatic rings. The second-order valence-corrected chi connectivity index (χ2v) is 56.2. The normalized spacial score (nSPS) is 13.7. The smallest absolute Gasteiger partial charge is 0.321 e. The zero-order chi connectivity index (χ0) is 38.9. The van der Waals surface area contributed by atoms with E-state index in [0.29, 0.717) is 0 Å². The Morgan fingerprint density at radius 3 is 0.532 bits per heavy atom. The van der Waals surface area contributed by atoms with Gasteiger partial charge in [0, 0.05) is 29.5 Å². The van der Waals surface area contributed by atoms with Gasteiger partial charge < -0.3 is 43.1 Å². The van der Waals surface area contributed by atoms with E-state index in [1.807, 2.05) is 0 Å². The van der Waals surface area contributed by atoms with Gasteiger partial charge in [-0.1, -0.05) is 0 Å². The highest BCUT2D eigenvalue weighted by atomic mass is 31.2. The lowest BCUT2D eigenvalue weighted by molar-refractivity contribution is 0.275. The summed E-state index contributed by atoms with van der Waals surface area (Å²) in [5.74, 6) is 0. The third-order valence-electron chi connectivity index (χ3n) is 2.99. The second-order valence-electron chi connectivity index (χ2n) is 17.5. The maximum atomic E-state index is 6.02. The Kier molecular flexibility index (Phi) is 30.1. The van der Waals surface area contributed by atoms with Crippen molar-refractivity contribution in [2.75, 3.05) is 34.7 Å². The van der Waals surface area contributed by atoms with Gasteiger partial charge in [-0.25, -0.2) is 0 Å². The van der Waals surface area contributed by atoms with Crippen LogP contribution >= 0.6 is 34.0 Å². The van der Waals surface area contributed by atoms with E-state index in [1.54, 1.807) is 21.3 Å². The molecule has 0 amide bonds. The predicted molar refractivity (Wildman–Crippen MR) is 232 cm³/mol. The number of rotatable bonds is 17. The molecule has 0 bridgehead atoms. The van der Waals surface area contributed by atoms with Crippen molar-refractivity contribution in [3.63, 3.8) is 0 Å². The molecule has 290 valence electrons. The average molecular weight is 871 g/mol. The molecule has 0 N–H and O–H groups in total. The summed E-state index contributed by atoms with van der Waals surface area (Å²) in [7, 11) is -9.17. The Balaban J connectivity index is -0.000000271. The molecule has 0 unspecified atom stereocenters. The van der Waals surface area contributed by atoms with E-state index in [-0.39, 0.29) is 8.15 Å². The highest BCUT2D eigenvalue weighted by Crippen LogP contribution is 2.48. The van der Waals surface area contributed by atoms with Crippen LogP contribution in [0.1, 0.15) is 0 Å². The van der Waals surface area contributed by atoms with Crippen molar-refractivity contribution in [3.8, 4) is 0 Å². The molecule has 0 radical (unpaired) electrons. The Morgan fingerprint density at radius 1 is 0.255 bits per heavy atom. The van der Waals surface area contributed by atoms with Crippen LogP contribution in [0.25, 0.3) is 0 Å². The van der Waals surface area contributed by atoms with Gasteiger partial charge in [0.2, 0.25) is 0 Å². The van der Waals surface area contributed by atoms with Crippen LogP contribution < -0.4 is 0 Å². The van der Waals surface area contributed by atoms with E-state index >= 15 is 0 Å². The molecule has 0 rings (SSSR count). The summed E-state index contributed by atoms with van der Waals surface area (Å²) < 4.78 is 55.8. The van der Waals surface area contributed by atoms with E-state index in [2.05, 4.69) is 151 Å². The lowest BCUT2D eigenvalue weighted by Crippen LogP contribution is -2.32. The first-order valence-corrected chi connectivity index (χ1v) is 45.2. The second kappa shape index (κ2) is 25.0. The van der Waals surface area contributed by atoms with Gasteiger partial charge in [0.15, 0.2) is 58.2 Å². The van der Waals surface area contributed by atoms with Gasteiger partial charge in [-0.05, 0) is 151 Å². The lowest BCUT2D eigenvalue weighted by atomic mass is 11.8. The number of hydrogen-bond donors (Lipinski definition) is 0. The summed E-state index contributed by atoms with van der Waals surface area (Å²) >= 11 is 0. The Morgan fingerprint density at radius 2 is 0.426 bits per heavy atom. The quantitative estimate of drug-likeness (QED) is 0.104. The first-order valence-electron chi connectivity index (χ1n) is 15.9. The molecule has 0 aromatic carbocycles. The molecule has 0 saturated carbocycles. The topological polar surface area (TPSA) is 92.3 Å². The summed E-state index contributed by atoms with van der Waals surface area (Å²) in [6, 6.07) is 0. The molecule has 0 saturated heterocycles. The van der Waals surface area contributed by atoms with Gasteiger partial charge in [0.1, 0.15) is 0 Å². The highest BCUT2D eigenvalue weighted by molar-refractivity contribution is 7.52. The minimum atomic E-state index is -1.60. The van der Waals surface area contributed by atoms with Crippen LogP contribution in [0.2, 0.25) is 137 Å². The van der Waals surface area contributed by atoms with Crippen LogP contribution in [-0.2, 0) is 43.1 Å². The van der Waals surface area contributed by atoms with Crippen molar-refractivity contribution >= 4 is 92.2 Å². The summed E-state index contributed by atoms with van der Waals surface area (Å²) in [6.45, 7) is 49.6. The zero-order valence-corrected chi connectivity index (χ0v) is 45.9. The fraction of sp³-hybridized carbons (Fsp3) is 1.00. The fourth-order valence-electron chi connectivity index (χ4n) is 2.19. The Labute approximate surface area is 305 Å². The average Bonchev–Trinajstić information content (AvgIpc) is 2.70. The van der Waals surface area contributed by atoms with Gasteiger partial charge in [-0.3, -0.25) is 0 Å². The minimum Gasteiger partial charge on any atom is -0.397 e. The minimum absolute atomic E-state index is 0.127. The lowest BCUT2D eigenvalue weighted by Gasteiger charge is -2.32. The van der Waals surface area contributed by atoms with Crippen molar-refractivity contribution in [2.45, 2.75) is 137 Å².